The average molecular weight is 283 g/mol. The number of carbonyl (C=O) groups excluding carboxylic acids is 1. The molecule has 0 aromatic heterocycles. The van der Waals surface area contributed by atoms with E-state index in [4.69, 9.17) is 14.7 Å². The van der Waals surface area contributed by atoms with Gasteiger partial charge in [-0.3, -0.25) is 10.0 Å². The van der Waals surface area contributed by atoms with Gasteiger partial charge in [-0.25, -0.2) is 5.48 Å². The van der Waals surface area contributed by atoms with Crippen LogP contribution in [0.4, 0.5) is 0 Å². The lowest BCUT2D eigenvalue weighted by atomic mass is 9.81. The highest BCUT2D eigenvalue weighted by molar-refractivity contribution is 5.74. The smallest absolute Gasteiger partial charge is 0.243 e. The molecule has 5 heteroatoms. The molecule has 0 spiro atoms. The molecular weight excluding hydrogens is 258 g/mol. The molecule has 0 saturated heterocycles. The van der Waals surface area contributed by atoms with Crippen molar-refractivity contribution in [2.24, 2.45) is 5.92 Å². The van der Waals surface area contributed by atoms with Crippen molar-refractivity contribution < 1.29 is 19.5 Å². The molecule has 1 atom stereocenters. The first kappa shape index (κ1) is 16.9. The van der Waals surface area contributed by atoms with Gasteiger partial charge < -0.3 is 9.47 Å². The molecule has 0 aromatic rings. The van der Waals surface area contributed by atoms with Crippen LogP contribution in [0.25, 0.3) is 0 Å². The Bertz CT molecular complexity index is 339. The summed E-state index contributed by atoms with van der Waals surface area (Å²) >= 11 is 0. The van der Waals surface area contributed by atoms with E-state index >= 15 is 0 Å². The first-order valence-corrected chi connectivity index (χ1v) is 7.13. The van der Waals surface area contributed by atoms with E-state index in [1.165, 1.54) is 18.4 Å². The molecule has 20 heavy (non-hydrogen) atoms. The summed E-state index contributed by atoms with van der Waals surface area (Å²) in [5.41, 5.74) is 3.08. The molecular formula is C15H25NO4. The van der Waals surface area contributed by atoms with Crippen LogP contribution in [0.1, 0.15) is 38.5 Å². The van der Waals surface area contributed by atoms with Crippen LogP contribution in [-0.4, -0.2) is 31.6 Å². The maximum atomic E-state index is 11.1. The van der Waals surface area contributed by atoms with Crippen molar-refractivity contribution >= 4 is 5.91 Å². The Morgan fingerprint density at radius 2 is 2.35 bits per heavy atom. The van der Waals surface area contributed by atoms with Gasteiger partial charge in [0.15, 0.2) is 0 Å². The van der Waals surface area contributed by atoms with Crippen LogP contribution in [-0.2, 0) is 14.3 Å². The predicted molar refractivity (Wildman–Crippen MR) is 76.2 cm³/mol. The number of rotatable bonds is 8. The van der Waals surface area contributed by atoms with Crippen molar-refractivity contribution in [1.82, 2.24) is 5.48 Å². The van der Waals surface area contributed by atoms with Crippen LogP contribution in [0.2, 0.25) is 0 Å². The van der Waals surface area contributed by atoms with E-state index in [9.17, 15) is 4.79 Å². The van der Waals surface area contributed by atoms with Crippen molar-refractivity contribution in [3.05, 3.63) is 23.8 Å². The highest BCUT2D eigenvalue weighted by Crippen LogP contribution is 2.32. The van der Waals surface area contributed by atoms with Gasteiger partial charge in [0.25, 0.3) is 0 Å². The number of hydroxylamine groups is 1. The van der Waals surface area contributed by atoms with E-state index in [1.54, 1.807) is 12.6 Å². The van der Waals surface area contributed by atoms with E-state index in [0.717, 1.165) is 19.3 Å². The first-order chi connectivity index (χ1) is 9.77. The van der Waals surface area contributed by atoms with Gasteiger partial charge in [-0.05, 0) is 31.6 Å². The van der Waals surface area contributed by atoms with Crippen molar-refractivity contribution in [2.75, 3.05) is 20.5 Å². The van der Waals surface area contributed by atoms with Crippen LogP contribution >= 0.6 is 0 Å². The number of carbonyl (C=O) groups is 1. The molecule has 114 valence electrons. The molecule has 1 saturated carbocycles. The molecule has 1 aliphatic rings. The lowest BCUT2D eigenvalue weighted by Crippen LogP contribution is -2.20. The second-order valence-electron chi connectivity index (χ2n) is 4.96. The fourth-order valence-electron chi connectivity index (χ4n) is 2.47. The van der Waals surface area contributed by atoms with E-state index in [2.05, 4.69) is 6.08 Å². The lowest BCUT2D eigenvalue weighted by molar-refractivity contribution is -0.129. The van der Waals surface area contributed by atoms with Crippen molar-refractivity contribution in [3.8, 4) is 0 Å². The molecule has 0 bridgehead atoms. The molecule has 2 N–H and O–H groups in total. The first-order valence-electron chi connectivity index (χ1n) is 7.13. The van der Waals surface area contributed by atoms with E-state index in [0.29, 0.717) is 25.7 Å². The normalized spacial score (nSPS) is 21.5. The zero-order valence-electron chi connectivity index (χ0n) is 12.1. The number of methoxy groups -OCH3 is 1. The van der Waals surface area contributed by atoms with Crippen LogP contribution in [0.5, 0.6) is 0 Å². The van der Waals surface area contributed by atoms with Gasteiger partial charge in [0, 0.05) is 13.5 Å². The quantitative estimate of drug-likeness (QED) is 0.311. The van der Waals surface area contributed by atoms with E-state index in [1.807, 2.05) is 12.2 Å². The monoisotopic (exact) mass is 283 g/mol. The third kappa shape index (κ3) is 6.84. The molecule has 0 aromatic carbocycles. The maximum Gasteiger partial charge on any atom is 0.243 e. The summed E-state index contributed by atoms with van der Waals surface area (Å²) in [7, 11) is 1.60. The standard InChI is InChI=1S/C15H25NO4/c1-19-12-20-11-5-4-8-13-6-2-3-7-14(13)9-10-15(17)16-18/h4-5,8,14,18H,2-3,6-7,9-12H2,1H3,(H,16,17)/b5-4+,13-8+. The second-order valence-corrected chi connectivity index (χ2v) is 4.96. The van der Waals surface area contributed by atoms with Crippen LogP contribution in [0.15, 0.2) is 23.8 Å². The third-order valence-corrected chi connectivity index (χ3v) is 3.50. The van der Waals surface area contributed by atoms with Crippen LogP contribution in [0.3, 0.4) is 0 Å². The third-order valence-electron chi connectivity index (χ3n) is 3.50. The lowest BCUT2D eigenvalue weighted by Gasteiger charge is -2.25. The zero-order chi connectivity index (χ0) is 14.6. The molecule has 0 radical (unpaired) electrons. The van der Waals surface area contributed by atoms with Crippen molar-refractivity contribution in [3.63, 3.8) is 0 Å². The van der Waals surface area contributed by atoms with Gasteiger partial charge in [-0.1, -0.05) is 30.2 Å². The fourth-order valence-corrected chi connectivity index (χ4v) is 2.47. The Hall–Kier alpha value is -1.17. The summed E-state index contributed by atoms with van der Waals surface area (Å²) in [6.45, 7) is 0.842. The summed E-state index contributed by atoms with van der Waals surface area (Å²) in [6.07, 6.45) is 11.9. The van der Waals surface area contributed by atoms with Gasteiger partial charge >= 0.3 is 0 Å². The summed E-state index contributed by atoms with van der Waals surface area (Å²) in [6, 6.07) is 0. The summed E-state index contributed by atoms with van der Waals surface area (Å²) in [5, 5.41) is 8.52. The number of ether oxygens (including phenoxy) is 2. The Morgan fingerprint density at radius 3 is 3.10 bits per heavy atom. The summed E-state index contributed by atoms with van der Waals surface area (Å²) < 4.78 is 9.96. The summed E-state index contributed by atoms with van der Waals surface area (Å²) in [5.74, 6) is 0.143. The SMILES string of the molecule is COCOC/C=C/C=C1\CCCCC1CCC(=O)NO. The van der Waals surface area contributed by atoms with Gasteiger partial charge in [-0.15, -0.1) is 0 Å². The number of nitrogens with one attached hydrogen (secondary N) is 1. The molecule has 1 aliphatic carbocycles. The minimum atomic E-state index is -0.307. The Morgan fingerprint density at radius 1 is 1.50 bits per heavy atom. The Balaban J connectivity index is 2.40. The number of amides is 1. The van der Waals surface area contributed by atoms with Crippen molar-refractivity contribution in [2.45, 2.75) is 38.5 Å². The maximum absolute atomic E-state index is 11.1. The summed E-state index contributed by atoms with van der Waals surface area (Å²) in [4.78, 5) is 11.1. The molecule has 0 aliphatic heterocycles. The molecule has 0 heterocycles. The average Bonchev–Trinajstić information content (AvgIpc) is 2.49. The number of allylic oxidation sites excluding steroid dienone is 3. The van der Waals surface area contributed by atoms with Gasteiger partial charge in [0.05, 0.1) is 6.61 Å². The molecule has 1 amide bonds. The molecule has 5 nitrogen and oxygen atoms in total. The van der Waals surface area contributed by atoms with E-state index in [-0.39, 0.29) is 5.91 Å². The minimum Gasteiger partial charge on any atom is -0.359 e. The highest BCUT2D eigenvalue weighted by atomic mass is 16.7. The minimum absolute atomic E-state index is 0.305. The topological polar surface area (TPSA) is 67.8 Å². The van der Waals surface area contributed by atoms with Crippen molar-refractivity contribution in [1.29, 1.82) is 0 Å². The second kappa shape index (κ2) is 10.6. The Kier molecular flexibility index (Phi) is 8.95. The molecule has 1 rings (SSSR count). The van der Waals surface area contributed by atoms with E-state index < -0.39 is 0 Å². The van der Waals surface area contributed by atoms with Crippen LogP contribution < -0.4 is 5.48 Å². The largest absolute Gasteiger partial charge is 0.359 e. The van der Waals surface area contributed by atoms with Gasteiger partial charge in [-0.2, -0.15) is 0 Å². The number of hydrogen-bond acceptors (Lipinski definition) is 4. The molecule has 1 unspecified atom stereocenters. The Labute approximate surface area is 120 Å². The molecule has 1 fully saturated rings. The predicted octanol–water partition coefficient (Wildman–Crippen LogP) is 2.57. The van der Waals surface area contributed by atoms with Gasteiger partial charge in [0.2, 0.25) is 5.91 Å². The fraction of sp³-hybridized carbons (Fsp3) is 0.667. The van der Waals surface area contributed by atoms with Gasteiger partial charge in [0.1, 0.15) is 6.79 Å². The number of hydrogen-bond donors (Lipinski definition) is 2. The van der Waals surface area contributed by atoms with Crippen LogP contribution in [0, 0.1) is 5.92 Å². The zero-order valence-corrected chi connectivity index (χ0v) is 12.1. The highest BCUT2D eigenvalue weighted by Gasteiger charge is 2.19.